The summed E-state index contributed by atoms with van der Waals surface area (Å²) in [5.41, 5.74) is -0.590. The van der Waals surface area contributed by atoms with E-state index in [-0.39, 0.29) is 18.4 Å². The number of esters is 1. The number of carboxylic acids is 1. The molecule has 0 radical (unpaired) electrons. The van der Waals surface area contributed by atoms with Gasteiger partial charge >= 0.3 is 11.9 Å². The molecule has 0 aromatic rings. The lowest BCUT2D eigenvalue weighted by molar-refractivity contribution is -0.166. The number of hydrogen-bond acceptors (Lipinski definition) is 4. The van der Waals surface area contributed by atoms with Crippen molar-refractivity contribution in [2.45, 2.75) is 98.7 Å². The van der Waals surface area contributed by atoms with Crippen molar-refractivity contribution in [3.63, 3.8) is 0 Å². The topological polar surface area (TPSA) is 83.8 Å². The van der Waals surface area contributed by atoms with Crippen molar-refractivity contribution >= 4 is 11.9 Å². The Morgan fingerprint density at radius 3 is 2.21 bits per heavy atom. The number of aliphatic hydroxyl groups excluding tert-OH is 1. The first-order chi connectivity index (χ1) is 13.4. The Morgan fingerprint density at radius 2 is 1.69 bits per heavy atom. The smallest absolute Gasteiger partial charge is 0.307 e. The van der Waals surface area contributed by atoms with E-state index in [9.17, 15) is 19.8 Å². The van der Waals surface area contributed by atoms with E-state index in [1.807, 2.05) is 6.92 Å². The van der Waals surface area contributed by atoms with Crippen molar-refractivity contribution in [3.05, 3.63) is 0 Å². The second-order valence-corrected chi connectivity index (χ2v) is 10.8. The first-order valence-electron chi connectivity index (χ1n) is 11.5. The van der Waals surface area contributed by atoms with Crippen LogP contribution in [-0.2, 0) is 14.3 Å². The van der Waals surface area contributed by atoms with E-state index >= 15 is 0 Å². The second kappa shape index (κ2) is 9.80. The zero-order valence-electron chi connectivity index (χ0n) is 19.2. The largest absolute Gasteiger partial charge is 0.481 e. The number of carbonyl (C=O) groups is 2. The van der Waals surface area contributed by atoms with E-state index in [1.165, 1.54) is 0 Å². The molecule has 0 aromatic carbocycles. The average Bonchev–Trinajstić information content (AvgIpc) is 2.58. The zero-order valence-corrected chi connectivity index (χ0v) is 19.2. The average molecular weight is 411 g/mol. The molecule has 0 bridgehead atoms. The Hall–Kier alpha value is -1.10. The Balaban J connectivity index is 2.06. The summed E-state index contributed by atoms with van der Waals surface area (Å²) in [7, 11) is 0. The maximum Gasteiger partial charge on any atom is 0.307 e. The van der Waals surface area contributed by atoms with Crippen LogP contribution in [0.25, 0.3) is 0 Å². The van der Waals surface area contributed by atoms with Crippen molar-refractivity contribution in [2.24, 2.45) is 40.9 Å². The SMILES string of the molecule is CC1CCC(C(C)C)C(OC(=O)CC(C(=O)O)C2(C)CCC(C(C)C)C(O)C2)C1. The molecule has 2 saturated carbocycles. The highest BCUT2D eigenvalue weighted by Gasteiger charge is 2.47. The molecule has 7 unspecified atom stereocenters. The summed E-state index contributed by atoms with van der Waals surface area (Å²) in [5.74, 6) is -0.315. The molecule has 29 heavy (non-hydrogen) atoms. The number of rotatable bonds is 7. The van der Waals surface area contributed by atoms with Gasteiger partial charge in [0.25, 0.3) is 0 Å². The Bertz CT molecular complexity index is 572. The minimum atomic E-state index is -0.961. The third-order valence-electron chi connectivity index (χ3n) is 7.83. The zero-order chi connectivity index (χ0) is 21.9. The minimum absolute atomic E-state index is 0.111. The van der Waals surface area contributed by atoms with Gasteiger partial charge in [-0.2, -0.15) is 0 Å². The Kier molecular flexibility index (Phi) is 8.17. The number of aliphatic carboxylic acids is 1. The van der Waals surface area contributed by atoms with Gasteiger partial charge in [0.15, 0.2) is 0 Å². The van der Waals surface area contributed by atoms with Gasteiger partial charge in [0, 0.05) is 0 Å². The molecular formula is C24H42O5. The summed E-state index contributed by atoms with van der Waals surface area (Å²) < 4.78 is 5.87. The van der Waals surface area contributed by atoms with Crippen LogP contribution >= 0.6 is 0 Å². The molecular weight excluding hydrogens is 368 g/mol. The van der Waals surface area contributed by atoms with Gasteiger partial charge in [-0.25, -0.2) is 0 Å². The maximum absolute atomic E-state index is 12.8. The van der Waals surface area contributed by atoms with Crippen molar-refractivity contribution in [2.75, 3.05) is 0 Å². The molecule has 0 saturated heterocycles. The van der Waals surface area contributed by atoms with Gasteiger partial charge in [-0.05, 0) is 67.1 Å². The van der Waals surface area contributed by atoms with Crippen LogP contribution in [0.2, 0.25) is 0 Å². The van der Waals surface area contributed by atoms with Crippen molar-refractivity contribution in [3.8, 4) is 0 Å². The van der Waals surface area contributed by atoms with Crippen LogP contribution in [0.3, 0.4) is 0 Å². The number of carbonyl (C=O) groups excluding carboxylic acids is 1. The Labute approximate surface area is 176 Å². The molecule has 2 aliphatic rings. The van der Waals surface area contributed by atoms with E-state index in [0.717, 1.165) is 25.7 Å². The lowest BCUT2D eigenvalue weighted by atomic mass is 9.61. The van der Waals surface area contributed by atoms with Gasteiger partial charge in [-0.3, -0.25) is 9.59 Å². The summed E-state index contributed by atoms with van der Waals surface area (Å²) in [6.07, 6.45) is 4.26. The van der Waals surface area contributed by atoms with Crippen LogP contribution in [0.4, 0.5) is 0 Å². The molecule has 0 heterocycles. The molecule has 2 fully saturated rings. The molecule has 0 spiro atoms. The van der Waals surface area contributed by atoms with Crippen LogP contribution in [0.15, 0.2) is 0 Å². The van der Waals surface area contributed by atoms with Gasteiger partial charge in [-0.1, -0.05) is 48.0 Å². The van der Waals surface area contributed by atoms with E-state index in [4.69, 9.17) is 4.74 Å². The third-order valence-corrected chi connectivity index (χ3v) is 7.83. The van der Waals surface area contributed by atoms with Gasteiger partial charge < -0.3 is 14.9 Å². The van der Waals surface area contributed by atoms with Gasteiger partial charge in [0.1, 0.15) is 6.10 Å². The third kappa shape index (κ3) is 5.96. The highest BCUT2D eigenvalue weighted by atomic mass is 16.5. The predicted molar refractivity (Wildman–Crippen MR) is 113 cm³/mol. The van der Waals surface area contributed by atoms with Gasteiger partial charge in [0.2, 0.25) is 0 Å². The summed E-state index contributed by atoms with van der Waals surface area (Å²) in [6.45, 7) is 12.6. The second-order valence-electron chi connectivity index (χ2n) is 10.8. The van der Waals surface area contributed by atoms with Crippen LogP contribution < -0.4 is 0 Å². The normalized spacial score (nSPS) is 36.8. The number of hydrogen-bond donors (Lipinski definition) is 2. The number of carboxylic acid groups (broad SMARTS) is 1. The maximum atomic E-state index is 12.8. The number of aliphatic hydroxyl groups is 1. The van der Waals surface area contributed by atoms with Crippen LogP contribution in [-0.4, -0.2) is 34.4 Å². The molecule has 0 aromatic heterocycles. The fourth-order valence-corrected chi connectivity index (χ4v) is 5.78. The van der Waals surface area contributed by atoms with Crippen molar-refractivity contribution in [1.29, 1.82) is 0 Å². The van der Waals surface area contributed by atoms with Crippen molar-refractivity contribution in [1.82, 2.24) is 0 Å². The van der Waals surface area contributed by atoms with E-state index < -0.39 is 29.4 Å². The first-order valence-corrected chi connectivity index (χ1v) is 11.5. The lowest BCUT2D eigenvalue weighted by Gasteiger charge is -2.45. The summed E-state index contributed by atoms with van der Waals surface area (Å²) in [4.78, 5) is 24.9. The van der Waals surface area contributed by atoms with Crippen molar-refractivity contribution < 1.29 is 24.5 Å². The molecule has 5 nitrogen and oxygen atoms in total. The van der Waals surface area contributed by atoms with E-state index in [1.54, 1.807) is 0 Å². The summed E-state index contributed by atoms with van der Waals surface area (Å²) in [6, 6.07) is 0. The van der Waals surface area contributed by atoms with Crippen LogP contribution in [0, 0.1) is 40.9 Å². The highest BCUT2D eigenvalue weighted by Crippen LogP contribution is 2.47. The first kappa shape index (κ1) is 24.2. The van der Waals surface area contributed by atoms with E-state index in [0.29, 0.717) is 36.5 Å². The highest BCUT2D eigenvalue weighted by molar-refractivity contribution is 5.79. The molecule has 7 atom stereocenters. The fourth-order valence-electron chi connectivity index (χ4n) is 5.78. The molecule has 0 aliphatic heterocycles. The molecule has 168 valence electrons. The standard InChI is InChI=1S/C24H42O5/c1-14(2)17-9-10-24(6,13-20(17)25)19(23(27)28)12-22(26)29-21-11-16(5)7-8-18(21)15(3)4/h14-21,25H,7-13H2,1-6H3,(H,27,28). The molecule has 2 rings (SSSR count). The lowest BCUT2D eigenvalue weighted by Crippen LogP contribution is -2.45. The summed E-state index contributed by atoms with van der Waals surface area (Å²) in [5, 5.41) is 20.5. The van der Waals surface area contributed by atoms with Gasteiger partial charge in [-0.15, -0.1) is 0 Å². The van der Waals surface area contributed by atoms with Crippen LogP contribution in [0.5, 0.6) is 0 Å². The predicted octanol–water partition coefficient (Wildman–Crippen LogP) is 4.90. The van der Waals surface area contributed by atoms with Gasteiger partial charge in [0.05, 0.1) is 18.4 Å². The van der Waals surface area contributed by atoms with Crippen LogP contribution in [0.1, 0.15) is 86.5 Å². The fraction of sp³-hybridized carbons (Fsp3) is 0.917. The molecule has 5 heteroatoms. The minimum Gasteiger partial charge on any atom is -0.481 e. The summed E-state index contributed by atoms with van der Waals surface area (Å²) >= 11 is 0. The quantitative estimate of drug-likeness (QED) is 0.583. The monoisotopic (exact) mass is 410 g/mol. The number of ether oxygens (including phenoxy) is 1. The molecule has 2 aliphatic carbocycles. The Morgan fingerprint density at radius 1 is 1.07 bits per heavy atom. The van der Waals surface area contributed by atoms with E-state index in [2.05, 4.69) is 34.6 Å². The molecule has 2 N–H and O–H groups in total. The molecule has 0 amide bonds.